The van der Waals surface area contributed by atoms with Crippen molar-refractivity contribution in [2.24, 2.45) is 5.41 Å². The van der Waals surface area contributed by atoms with E-state index in [4.69, 9.17) is 10.00 Å². The van der Waals surface area contributed by atoms with Crippen LogP contribution in [-0.2, 0) is 0 Å². The number of halogens is 1. The van der Waals surface area contributed by atoms with E-state index in [-0.39, 0.29) is 5.82 Å². The second-order valence-electron chi connectivity index (χ2n) is 4.52. The van der Waals surface area contributed by atoms with Crippen LogP contribution in [0.4, 0.5) is 10.1 Å². The highest BCUT2D eigenvalue weighted by Crippen LogP contribution is 2.23. The molecule has 1 N–H and O–H groups in total. The van der Waals surface area contributed by atoms with Crippen LogP contribution in [0.25, 0.3) is 0 Å². The average molecular weight is 236 g/mol. The Morgan fingerprint density at radius 3 is 2.76 bits per heavy atom. The average Bonchev–Trinajstić information content (AvgIpc) is 2.31. The summed E-state index contributed by atoms with van der Waals surface area (Å²) in [7, 11) is 1.54. The van der Waals surface area contributed by atoms with Gasteiger partial charge in [0.2, 0.25) is 0 Å². The van der Waals surface area contributed by atoms with Crippen molar-refractivity contribution in [3.05, 3.63) is 24.0 Å². The van der Waals surface area contributed by atoms with Crippen LogP contribution in [0.5, 0.6) is 5.75 Å². The molecule has 0 bridgehead atoms. The predicted octanol–water partition coefficient (Wildman–Crippen LogP) is 3.19. The Kier molecular flexibility index (Phi) is 4.33. The largest absolute Gasteiger partial charge is 0.497 e. The Hall–Kier alpha value is -1.76. The lowest BCUT2D eigenvalue weighted by atomic mass is 9.91. The lowest BCUT2D eigenvalue weighted by Crippen LogP contribution is -2.15. The SMILES string of the molecule is COc1ccc(F)c(NCCC(C)(C)C#N)c1. The standard InChI is InChI=1S/C13H17FN2O/c1-13(2,9-15)6-7-16-12-8-10(17-3)4-5-11(12)14/h4-5,8,16H,6-7H2,1-3H3. The normalized spacial score (nSPS) is 10.8. The van der Waals surface area contributed by atoms with Crippen LogP contribution in [0.1, 0.15) is 20.3 Å². The zero-order valence-electron chi connectivity index (χ0n) is 10.4. The van der Waals surface area contributed by atoms with E-state index in [2.05, 4.69) is 11.4 Å². The van der Waals surface area contributed by atoms with E-state index in [0.29, 0.717) is 24.4 Å². The fourth-order valence-corrected chi connectivity index (χ4v) is 1.33. The van der Waals surface area contributed by atoms with Crippen molar-refractivity contribution in [2.45, 2.75) is 20.3 Å². The van der Waals surface area contributed by atoms with Gasteiger partial charge >= 0.3 is 0 Å². The van der Waals surface area contributed by atoms with Crippen LogP contribution in [0.15, 0.2) is 18.2 Å². The molecule has 0 aliphatic heterocycles. The molecule has 4 heteroatoms. The summed E-state index contributed by atoms with van der Waals surface area (Å²) in [6.07, 6.45) is 0.653. The number of methoxy groups -OCH3 is 1. The minimum Gasteiger partial charge on any atom is -0.497 e. The molecule has 0 aliphatic carbocycles. The van der Waals surface area contributed by atoms with Crippen molar-refractivity contribution in [2.75, 3.05) is 19.0 Å². The van der Waals surface area contributed by atoms with Gasteiger partial charge in [-0.3, -0.25) is 0 Å². The number of nitrogens with zero attached hydrogens (tertiary/aromatic N) is 1. The minimum atomic E-state index is -0.400. The molecular weight excluding hydrogens is 219 g/mol. The number of benzene rings is 1. The Morgan fingerprint density at radius 1 is 1.47 bits per heavy atom. The number of nitriles is 1. The van der Waals surface area contributed by atoms with Crippen molar-refractivity contribution in [1.82, 2.24) is 0 Å². The number of rotatable bonds is 5. The van der Waals surface area contributed by atoms with Crippen LogP contribution in [0.3, 0.4) is 0 Å². The highest BCUT2D eigenvalue weighted by atomic mass is 19.1. The first kappa shape index (κ1) is 13.3. The molecule has 1 aromatic carbocycles. The molecule has 0 aromatic heterocycles. The van der Waals surface area contributed by atoms with Crippen molar-refractivity contribution in [1.29, 1.82) is 5.26 Å². The number of hydrogen-bond donors (Lipinski definition) is 1. The second kappa shape index (κ2) is 5.53. The highest BCUT2D eigenvalue weighted by molar-refractivity contribution is 5.49. The molecule has 0 saturated carbocycles. The fraction of sp³-hybridized carbons (Fsp3) is 0.462. The number of ether oxygens (including phenoxy) is 1. The summed E-state index contributed by atoms with van der Waals surface area (Å²) in [4.78, 5) is 0. The van der Waals surface area contributed by atoms with Gasteiger partial charge in [0.25, 0.3) is 0 Å². The molecule has 92 valence electrons. The number of nitrogens with one attached hydrogen (secondary N) is 1. The summed E-state index contributed by atoms with van der Waals surface area (Å²) in [5, 5.41) is 11.8. The van der Waals surface area contributed by atoms with Gasteiger partial charge in [-0.1, -0.05) is 0 Å². The molecule has 0 unspecified atom stereocenters. The van der Waals surface area contributed by atoms with Crippen LogP contribution in [0, 0.1) is 22.6 Å². The molecule has 0 saturated heterocycles. The number of anilines is 1. The molecule has 0 spiro atoms. The maximum atomic E-state index is 13.4. The summed E-state index contributed by atoms with van der Waals surface area (Å²) >= 11 is 0. The molecule has 0 radical (unpaired) electrons. The monoisotopic (exact) mass is 236 g/mol. The quantitative estimate of drug-likeness (QED) is 0.854. The van der Waals surface area contributed by atoms with E-state index in [0.717, 1.165) is 0 Å². The van der Waals surface area contributed by atoms with Crippen molar-refractivity contribution < 1.29 is 9.13 Å². The van der Waals surface area contributed by atoms with E-state index in [9.17, 15) is 4.39 Å². The van der Waals surface area contributed by atoms with E-state index in [1.807, 2.05) is 13.8 Å². The molecule has 1 rings (SSSR count). The summed E-state index contributed by atoms with van der Waals surface area (Å²) in [5.74, 6) is 0.286. The Bertz CT molecular complexity index is 424. The molecule has 0 amide bonds. The van der Waals surface area contributed by atoms with Crippen LogP contribution in [0.2, 0.25) is 0 Å². The topological polar surface area (TPSA) is 45.0 Å². The Morgan fingerprint density at radius 2 is 2.18 bits per heavy atom. The van der Waals surface area contributed by atoms with Crippen molar-refractivity contribution in [3.63, 3.8) is 0 Å². The molecule has 0 fully saturated rings. The van der Waals surface area contributed by atoms with Gasteiger partial charge in [-0.15, -0.1) is 0 Å². The van der Waals surface area contributed by atoms with Gasteiger partial charge in [0.05, 0.1) is 24.3 Å². The lowest BCUT2D eigenvalue weighted by molar-refractivity contribution is 0.414. The molecule has 1 aromatic rings. The highest BCUT2D eigenvalue weighted by Gasteiger charge is 2.16. The number of hydrogen-bond acceptors (Lipinski definition) is 3. The summed E-state index contributed by atoms with van der Waals surface area (Å²) in [5.41, 5.74) is 0.000556. The first-order valence-electron chi connectivity index (χ1n) is 5.47. The van der Waals surface area contributed by atoms with E-state index >= 15 is 0 Å². The van der Waals surface area contributed by atoms with Crippen molar-refractivity contribution >= 4 is 5.69 Å². The van der Waals surface area contributed by atoms with Gasteiger partial charge in [0.15, 0.2) is 0 Å². The molecule has 0 heterocycles. The Balaban J connectivity index is 2.61. The summed E-state index contributed by atoms with van der Waals surface area (Å²) in [6, 6.07) is 6.74. The molecule has 17 heavy (non-hydrogen) atoms. The predicted molar refractivity (Wildman–Crippen MR) is 65.5 cm³/mol. The summed E-state index contributed by atoms with van der Waals surface area (Å²) < 4.78 is 18.4. The van der Waals surface area contributed by atoms with Crippen LogP contribution >= 0.6 is 0 Å². The maximum Gasteiger partial charge on any atom is 0.146 e. The van der Waals surface area contributed by atoms with Gasteiger partial charge in [-0.05, 0) is 32.4 Å². The van der Waals surface area contributed by atoms with Gasteiger partial charge in [0.1, 0.15) is 11.6 Å². The fourth-order valence-electron chi connectivity index (χ4n) is 1.33. The lowest BCUT2D eigenvalue weighted by Gasteiger charge is -2.16. The third kappa shape index (κ3) is 3.95. The van der Waals surface area contributed by atoms with E-state index in [1.165, 1.54) is 13.2 Å². The van der Waals surface area contributed by atoms with E-state index in [1.54, 1.807) is 12.1 Å². The van der Waals surface area contributed by atoms with Gasteiger partial charge in [-0.2, -0.15) is 5.26 Å². The van der Waals surface area contributed by atoms with Crippen LogP contribution in [-0.4, -0.2) is 13.7 Å². The molecular formula is C13H17FN2O. The zero-order valence-corrected chi connectivity index (χ0v) is 10.4. The zero-order chi connectivity index (χ0) is 12.9. The smallest absolute Gasteiger partial charge is 0.146 e. The first-order valence-corrected chi connectivity index (χ1v) is 5.47. The molecule has 0 atom stereocenters. The first-order chi connectivity index (χ1) is 7.98. The minimum absolute atomic E-state index is 0.319. The third-order valence-electron chi connectivity index (χ3n) is 2.54. The Labute approximate surface area is 101 Å². The third-order valence-corrected chi connectivity index (χ3v) is 2.54. The van der Waals surface area contributed by atoms with Gasteiger partial charge < -0.3 is 10.1 Å². The van der Waals surface area contributed by atoms with E-state index < -0.39 is 5.41 Å². The van der Waals surface area contributed by atoms with Crippen LogP contribution < -0.4 is 10.1 Å². The second-order valence-corrected chi connectivity index (χ2v) is 4.52. The van der Waals surface area contributed by atoms with Gasteiger partial charge in [-0.25, -0.2) is 4.39 Å². The van der Waals surface area contributed by atoms with Crippen molar-refractivity contribution in [3.8, 4) is 11.8 Å². The maximum absolute atomic E-state index is 13.4. The van der Waals surface area contributed by atoms with Gasteiger partial charge in [0, 0.05) is 12.6 Å². The molecule has 3 nitrogen and oxygen atoms in total. The molecule has 0 aliphatic rings. The summed E-state index contributed by atoms with van der Waals surface area (Å²) in [6.45, 7) is 4.26.